The van der Waals surface area contributed by atoms with Crippen LogP contribution in [0.3, 0.4) is 0 Å². The van der Waals surface area contributed by atoms with Crippen LogP contribution in [0.5, 0.6) is 0 Å². The lowest BCUT2D eigenvalue weighted by molar-refractivity contribution is -0.137. The topological polar surface area (TPSA) is 66.4 Å². The Bertz CT molecular complexity index is 445. The van der Waals surface area contributed by atoms with E-state index >= 15 is 0 Å². The van der Waals surface area contributed by atoms with Gasteiger partial charge in [0.25, 0.3) is 0 Å². The summed E-state index contributed by atoms with van der Waals surface area (Å²) in [6.07, 6.45) is 2.69. The molecule has 0 spiro atoms. The Labute approximate surface area is 118 Å². The molecule has 0 radical (unpaired) electrons. The highest BCUT2D eigenvalue weighted by molar-refractivity contribution is 6.01. The molecule has 2 N–H and O–H groups in total. The average molecular weight is 281 g/mol. The van der Waals surface area contributed by atoms with Gasteiger partial charge in [-0.3, -0.25) is 9.59 Å². The van der Waals surface area contributed by atoms with Crippen LogP contribution >= 0.6 is 0 Å². The Morgan fingerprint density at radius 1 is 1.25 bits per heavy atom. The Hall–Kier alpha value is -1.75. The van der Waals surface area contributed by atoms with Gasteiger partial charge in [-0.15, -0.1) is 0 Å². The summed E-state index contributed by atoms with van der Waals surface area (Å²) in [5.74, 6) is -1.77. The molecule has 0 aliphatic rings. The summed E-state index contributed by atoms with van der Waals surface area (Å²) in [6, 6.07) is 4.37. The van der Waals surface area contributed by atoms with Crippen molar-refractivity contribution < 1.29 is 19.1 Å². The first-order valence-corrected chi connectivity index (χ1v) is 6.79. The fourth-order valence-electron chi connectivity index (χ4n) is 1.90. The van der Waals surface area contributed by atoms with Gasteiger partial charge in [0.15, 0.2) is 5.78 Å². The van der Waals surface area contributed by atoms with E-state index in [9.17, 15) is 14.0 Å². The molecule has 0 saturated heterocycles. The minimum atomic E-state index is -1.03. The highest BCUT2D eigenvalue weighted by atomic mass is 19.1. The Kier molecular flexibility index (Phi) is 6.87. The number of ketones is 1. The Morgan fingerprint density at radius 2 is 1.90 bits per heavy atom. The zero-order chi connectivity index (χ0) is 15.0. The number of nitrogens with one attached hydrogen (secondary N) is 1. The maximum Gasteiger partial charge on any atom is 0.305 e. The number of Topliss-reactive ketones (excluding diaryl/α,β-unsaturated/α-hetero) is 1. The lowest BCUT2D eigenvalue weighted by atomic mass is 10.0. The second kappa shape index (κ2) is 8.43. The zero-order valence-corrected chi connectivity index (χ0v) is 11.6. The molecule has 1 aromatic carbocycles. The molecule has 1 atom stereocenters. The van der Waals surface area contributed by atoms with E-state index in [2.05, 4.69) is 12.2 Å². The predicted octanol–water partition coefficient (Wildman–Crippen LogP) is 2.63. The minimum Gasteiger partial charge on any atom is -0.481 e. The smallest absolute Gasteiger partial charge is 0.305 e. The summed E-state index contributed by atoms with van der Waals surface area (Å²) in [6.45, 7) is 2.66. The van der Waals surface area contributed by atoms with Gasteiger partial charge in [-0.2, -0.15) is 0 Å². The molecular weight excluding hydrogens is 261 g/mol. The van der Waals surface area contributed by atoms with Crippen molar-refractivity contribution >= 4 is 11.8 Å². The van der Waals surface area contributed by atoms with Crippen LogP contribution in [0.4, 0.5) is 4.39 Å². The number of unbranched alkanes of at least 4 members (excludes halogenated alkanes) is 2. The van der Waals surface area contributed by atoms with Crippen molar-refractivity contribution in [1.29, 1.82) is 0 Å². The largest absolute Gasteiger partial charge is 0.481 e. The maximum atomic E-state index is 12.8. The van der Waals surface area contributed by atoms with E-state index in [1.54, 1.807) is 0 Å². The summed E-state index contributed by atoms with van der Waals surface area (Å²) in [5, 5.41) is 11.8. The third-order valence-corrected chi connectivity index (χ3v) is 3.00. The number of carboxylic acids is 1. The Balaban J connectivity index is 2.68. The minimum absolute atomic E-state index is 0.275. The van der Waals surface area contributed by atoms with Crippen LogP contribution in [-0.2, 0) is 4.79 Å². The summed E-state index contributed by atoms with van der Waals surface area (Å²) >= 11 is 0. The van der Waals surface area contributed by atoms with Crippen LogP contribution in [0.25, 0.3) is 0 Å². The normalized spacial score (nSPS) is 12.1. The molecule has 0 amide bonds. The molecule has 4 nitrogen and oxygen atoms in total. The van der Waals surface area contributed by atoms with E-state index in [1.165, 1.54) is 24.3 Å². The molecule has 110 valence electrons. The van der Waals surface area contributed by atoms with Crippen molar-refractivity contribution in [2.45, 2.75) is 38.6 Å². The highest BCUT2D eigenvalue weighted by Gasteiger charge is 2.22. The van der Waals surface area contributed by atoms with E-state index in [4.69, 9.17) is 5.11 Å². The summed E-state index contributed by atoms with van der Waals surface area (Å²) in [7, 11) is 0. The predicted molar refractivity (Wildman–Crippen MR) is 74.3 cm³/mol. The van der Waals surface area contributed by atoms with Crippen LogP contribution in [0.15, 0.2) is 24.3 Å². The molecule has 0 heterocycles. The molecule has 0 aliphatic heterocycles. The van der Waals surface area contributed by atoms with Gasteiger partial charge in [0.1, 0.15) is 5.82 Å². The summed E-state index contributed by atoms with van der Waals surface area (Å²) in [5.41, 5.74) is 0.320. The van der Waals surface area contributed by atoms with Crippen LogP contribution < -0.4 is 5.32 Å². The number of carbonyl (C=O) groups is 2. The molecule has 0 fully saturated rings. The zero-order valence-electron chi connectivity index (χ0n) is 11.6. The third-order valence-electron chi connectivity index (χ3n) is 3.00. The molecule has 20 heavy (non-hydrogen) atoms. The molecule has 1 rings (SSSR count). The molecule has 5 heteroatoms. The average Bonchev–Trinajstić information content (AvgIpc) is 2.42. The first kappa shape index (κ1) is 16.3. The molecule has 1 aromatic rings. The van der Waals surface area contributed by atoms with E-state index in [-0.39, 0.29) is 12.2 Å². The second-order valence-corrected chi connectivity index (χ2v) is 4.68. The van der Waals surface area contributed by atoms with Crippen molar-refractivity contribution in [3.63, 3.8) is 0 Å². The van der Waals surface area contributed by atoms with Gasteiger partial charge in [0, 0.05) is 5.56 Å². The monoisotopic (exact) mass is 281 g/mol. The maximum absolute atomic E-state index is 12.8. The number of carbonyl (C=O) groups excluding carboxylic acids is 1. The van der Waals surface area contributed by atoms with Gasteiger partial charge in [-0.05, 0) is 37.2 Å². The fourth-order valence-corrected chi connectivity index (χ4v) is 1.90. The molecular formula is C15H20FNO3. The number of carboxylic acid groups (broad SMARTS) is 1. The van der Waals surface area contributed by atoms with Crippen LogP contribution in [0.2, 0.25) is 0 Å². The van der Waals surface area contributed by atoms with Gasteiger partial charge < -0.3 is 10.4 Å². The molecule has 0 aliphatic carbocycles. The first-order chi connectivity index (χ1) is 9.54. The SMILES string of the molecule is CCCCCNC(CC(=O)O)C(=O)c1ccc(F)cc1. The molecule has 0 saturated carbocycles. The van der Waals surface area contributed by atoms with Gasteiger partial charge in [0.05, 0.1) is 12.5 Å². The second-order valence-electron chi connectivity index (χ2n) is 4.68. The first-order valence-electron chi connectivity index (χ1n) is 6.79. The van der Waals surface area contributed by atoms with E-state index in [1.807, 2.05) is 0 Å². The number of rotatable bonds is 9. The number of hydrogen-bond donors (Lipinski definition) is 2. The van der Waals surface area contributed by atoms with Gasteiger partial charge in [-0.1, -0.05) is 19.8 Å². The molecule has 1 unspecified atom stereocenters. The van der Waals surface area contributed by atoms with Crippen LogP contribution in [0.1, 0.15) is 43.0 Å². The van der Waals surface area contributed by atoms with Gasteiger partial charge in [0.2, 0.25) is 0 Å². The number of halogens is 1. The van der Waals surface area contributed by atoms with E-state index < -0.39 is 17.8 Å². The summed E-state index contributed by atoms with van der Waals surface area (Å²) < 4.78 is 12.8. The number of aliphatic carboxylic acids is 1. The van der Waals surface area contributed by atoms with Crippen molar-refractivity contribution in [1.82, 2.24) is 5.32 Å². The quantitative estimate of drug-likeness (QED) is 0.539. The third kappa shape index (κ3) is 5.48. The molecule has 0 bridgehead atoms. The standard InChI is InChI=1S/C15H20FNO3/c1-2-3-4-9-17-13(10-14(18)19)15(20)11-5-7-12(16)8-6-11/h5-8,13,17H,2-4,9-10H2,1H3,(H,18,19). The van der Waals surface area contributed by atoms with Gasteiger partial charge in [-0.25, -0.2) is 4.39 Å². The Morgan fingerprint density at radius 3 is 2.45 bits per heavy atom. The lowest BCUT2D eigenvalue weighted by Crippen LogP contribution is -2.39. The van der Waals surface area contributed by atoms with Gasteiger partial charge >= 0.3 is 5.97 Å². The van der Waals surface area contributed by atoms with E-state index in [0.717, 1.165) is 19.3 Å². The highest BCUT2D eigenvalue weighted by Crippen LogP contribution is 2.09. The molecule has 0 aromatic heterocycles. The fraction of sp³-hybridized carbons (Fsp3) is 0.467. The number of benzene rings is 1. The van der Waals surface area contributed by atoms with Crippen LogP contribution in [-0.4, -0.2) is 29.4 Å². The van der Waals surface area contributed by atoms with Crippen molar-refractivity contribution in [2.75, 3.05) is 6.54 Å². The van der Waals surface area contributed by atoms with Crippen molar-refractivity contribution in [2.24, 2.45) is 0 Å². The van der Waals surface area contributed by atoms with Crippen LogP contribution in [0, 0.1) is 5.82 Å². The van der Waals surface area contributed by atoms with Crippen molar-refractivity contribution in [3.8, 4) is 0 Å². The lowest BCUT2D eigenvalue weighted by Gasteiger charge is -2.15. The van der Waals surface area contributed by atoms with E-state index in [0.29, 0.717) is 12.1 Å². The summed E-state index contributed by atoms with van der Waals surface area (Å²) in [4.78, 5) is 23.0. The number of hydrogen-bond acceptors (Lipinski definition) is 3. The van der Waals surface area contributed by atoms with Crippen molar-refractivity contribution in [3.05, 3.63) is 35.6 Å².